The van der Waals surface area contributed by atoms with E-state index in [0.717, 1.165) is 74.8 Å². The molecule has 2 amide bonds. The second-order valence-electron chi connectivity index (χ2n) is 24.5. The normalized spacial score (nSPS) is 31.1. The number of carbonyl (C=O) groups excluding carboxylic acids is 11. The van der Waals surface area contributed by atoms with E-state index in [4.69, 9.17) is 80.5 Å². The van der Waals surface area contributed by atoms with E-state index in [1.54, 1.807) is 30.3 Å². The number of methoxy groups -OCH3 is 1. The first kappa shape index (κ1) is 77.7. The van der Waals surface area contributed by atoms with Crippen molar-refractivity contribution in [2.24, 2.45) is 0 Å². The van der Waals surface area contributed by atoms with E-state index in [0.29, 0.717) is 11.4 Å². The molecule has 0 aliphatic carbocycles. The summed E-state index contributed by atoms with van der Waals surface area (Å²) in [6.07, 6.45) is -36.0. The Kier molecular flexibility index (Phi) is 27.7. The summed E-state index contributed by atoms with van der Waals surface area (Å²) in [4.78, 5) is 148. The minimum Gasteiger partial charge on any atom is -0.465 e. The van der Waals surface area contributed by atoms with Gasteiger partial charge in [0.2, 0.25) is 5.91 Å². The molecule has 4 heterocycles. The third kappa shape index (κ3) is 21.1. The summed E-state index contributed by atoms with van der Waals surface area (Å²) >= 11 is 0. The Balaban J connectivity index is 1.65. The highest BCUT2D eigenvalue weighted by Crippen LogP contribution is 2.43. The van der Waals surface area contributed by atoms with Crippen molar-refractivity contribution in [1.29, 1.82) is 0 Å². The Morgan fingerprint density at radius 3 is 1.73 bits per heavy atom. The number of fused-ring (bicyclic) bond motifs is 1. The Morgan fingerprint density at radius 1 is 0.594 bits per heavy atom. The average molecular weight is 1380 g/mol. The molecule has 0 spiro atoms. The number of hydrogen-bond donors (Lipinski definition) is 5. The van der Waals surface area contributed by atoms with Crippen molar-refractivity contribution in [3.63, 3.8) is 0 Å². The predicted molar refractivity (Wildman–Crippen MR) is 323 cm³/mol. The van der Waals surface area contributed by atoms with Crippen molar-refractivity contribution in [2.45, 2.75) is 230 Å². The van der Waals surface area contributed by atoms with Crippen LogP contribution in [0.25, 0.3) is 10.8 Å². The molecule has 2 aromatic carbocycles. The molecular formula is C62H86N2O31Si. The largest absolute Gasteiger partial charge is 0.465 e. The van der Waals surface area contributed by atoms with Gasteiger partial charge in [-0.3, -0.25) is 47.9 Å². The number of aliphatic hydroxyl groups is 3. The van der Waals surface area contributed by atoms with Crippen LogP contribution in [0.2, 0.25) is 25.7 Å². The van der Waals surface area contributed by atoms with Crippen molar-refractivity contribution >= 4 is 84.4 Å². The van der Waals surface area contributed by atoms with Crippen LogP contribution >= 0.6 is 0 Å². The molecule has 21 atom stereocenters. The van der Waals surface area contributed by atoms with Gasteiger partial charge in [0.1, 0.15) is 86.9 Å². The van der Waals surface area contributed by atoms with Crippen LogP contribution in [0.5, 0.6) is 0 Å². The smallest absolute Gasteiger partial charge is 0.366 e. The van der Waals surface area contributed by atoms with E-state index in [9.17, 15) is 63.3 Å². The van der Waals surface area contributed by atoms with Gasteiger partial charge in [0.05, 0.1) is 25.7 Å². The highest BCUT2D eigenvalue weighted by atomic mass is 28.3. The SMILES string of the molecule is COC(=O)[C@@]1(O[C@H]2[C@@H](OC(C)=O)[C@@H](COC(C)=O)O[C@@H](O[C@H]3[C@H](O[C@@H]4O[C@@H](C)[C@@H](O)[C@@H](O)[C@@H]4O)[C@@H](NC(=O)c4ccc5ccccc5c4)[C@H](OCC[Si](C)(C)C)O[C@@H]3COC(C)=O)[C@@H]2OC(C)=O)C[C@H](OC(C)=O)[C@@H](NC(C)=O)[C@H]([C@H](OC(C)=O)[C@@H](COC(C)=O)OC(C)=O)O1. The standard InChI is InChI=1S/C62H86N2O31Si/c1-28-47(74)48(75)49(76)59(84-28)93-53-46(64-57(77)40-20-19-38-17-15-16-18-39(38)23-40)58(80-21-22-96(12,13)14)90-43(26-82-31(4)67)50(53)92-60-56(89-37(10)73)55(52(88-36(9)72)44(91-60)27-83-32(5)68)95-62(61(78)79-11)24-41(85-33(6)69)45(63-29(2)65)54(94-62)51(87-35(8)71)42(86-34(7)70)25-81-30(3)66/h15-20,23,28,41-56,58-60,74-76H,21-22,24-27H2,1-14H3,(H,63,65)(H,64,77)/t28-,41-,42+,43+,44+,45+,46+,47+,48+,49-,50+,51+,52-,53+,54+,55-,56+,58+,59-,60-,62-/m0/s1. The number of nitrogens with one attached hydrogen (secondary N) is 2. The van der Waals surface area contributed by atoms with Gasteiger partial charge in [-0.2, -0.15) is 0 Å². The monoisotopic (exact) mass is 1380 g/mol. The second-order valence-corrected chi connectivity index (χ2v) is 30.1. The molecule has 0 radical (unpaired) electrons. The predicted octanol–water partition coefficient (Wildman–Crippen LogP) is 0.237. The van der Waals surface area contributed by atoms with Crippen LogP contribution in [0.4, 0.5) is 0 Å². The Morgan fingerprint density at radius 2 is 1.17 bits per heavy atom. The van der Waals surface area contributed by atoms with Gasteiger partial charge < -0.3 is 106 Å². The molecule has 4 saturated heterocycles. The molecule has 4 aliphatic rings. The first-order valence-corrected chi connectivity index (χ1v) is 34.4. The molecule has 0 unspecified atom stereocenters. The van der Waals surface area contributed by atoms with E-state index in [1.807, 2.05) is 6.07 Å². The molecule has 4 fully saturated rings. The Bertz CT molecular complexity index is 3110. The van der Waals surface area contributed by atoms with Crippen LogP contribution in [-0.4, -0.2) is 251 Å². The molecule has 96 heavy (non-hydrogen) atoms. The third-order valence-corrected chi connectivity index (χ3v) is 17.1. The Hall–Kier alpha value is -7.35. The maximum absolute atomic E-state index is 15.1. The van der Waals surface area contributed by atoms with Gasteiger partial charge in [0, 0.05) is 82.6 Å². The number of carbonyl (C=O) groups is 11. The summed E-state index contributed by atoms with van der Waals surface area (Å²) in [5.74, 6) is -14.8. The lowest BCUT2D eigenvalue weighted by Gasteiger charge is -2.53. The molecule has 0 bridgehead atoms. The molecular weight excluding hydrogens is 1300 g/mol. The first-order valence-electron chi connectivity index (χ1n) is 30.7. The van der Waals surface area contributed by atoms with Crippen LogP contribution in [0.3, 0.4) is 0 Å². The van der Waals surface area contributed by atoms with E-state index < -0.39 is 228 Å². The summed E-state index contributed by atoms with van der Waals surface area (Å²) in [5.41, 5.74) is 0.0841. The summed E-state index contributed by atoms with van der Waals surface area (Å²) in [7, 11) is -1.12. The molecule has 0 saturated carbocycles. The molecule has 2 aromatic rings. The van der Waals surface area contributed by atoms with E-state index in [1.165, 1.54) is 13.0 Å². The molecule has 5 N–H and O–H groups in total. The fourth-order valence-electron chi connectivity index (χ4n) is 11.2. The van der Waals surface area contributed by atoms with Crippen molar-refractivity contribution in [3.05, 3.63) is 48.0 Å². The fraction of sp³-hybridized carbons (Fsp3) is 0.661. The zero-order valence-corrected chi connectivity index (χ0v) is 56.6. The molecule has 534 valence electrons. The van der Waals surface area contributed by atoms with E-state index >= 15 is 4.79 Å². The fourth-order valence-corrected chi connectivity index (χ4v) is 11.9. The van der Waals surface area contributed by atoms with E-state index in [2.05, 4.69) is 30.3 Å². The van der Waals surface area contributed by atoms with Gasteiger partial charge in [-0.1, -0.05) is 50.0 Å². The lowest BCUT2D eigenvalue weighted by atomic mass is 9.87. The number of esters is 9. The molecule has 4 aliphatic heterocycles. The topological polar surface area (TPSA) is 429 Å². The first-order chi connectivity index (χ1) is 45.0. The van der Waals surface area contributed by atoms with Crippen LogP contribution in [-0.2, 0) is 128 Å². The number of hydrogen-bond acceptors (Lipinski definition) is 31. The number of benzene rings is 2. The summed E-state index contributed by atoms with van der Waals surface area (Å²) in [5, 5.41) is 40.7. The van der Waals surface area contributed by atoms with Crippen LogP contribution in [0.1, 0.15) is 86.0 Å². The zero-order valence-electron chi connectivity index (χ0n) is 55.6. The maximum atomic E-state index is 15.1. The molecule has 0 aromatic heterocycles. The maximum Gasteiger partial charge on any atom is 0.366 e. The molecule has 33 nitrogen and oxygen atoms in total. The van der Waals surface area contributed by atoms with Crippen LogP contribution < -0.4 is 10.6 Å². The zero-order chi connectivity index (χ0) is 71.3. The lowest BCUT2D eigenvalue weighted by Crippen LogP contribution is -2.72. The third-order valence-electron chi connectivity index (χ3n) is 15.4. The number of ether oxygens (including phenoxy) is 17. The van der Waals surface area contributed by atoms with Crippen molar-refractivity contribution < 1.29 is 149 Å². The van der Waals surface area contributed by atoms with Gasteiger partial charge in [-0.25, -0.2) is 4.79 Å². The van der Waals surface area contributed by atoms with Gasteiger partial charge in [-0.15, -0.1) is 0 Å². The van der Waals surface area contributed by atoms with E-state index in [-0.39, 0.29) is 12.2 Å². The van der Waals surface area contributed by atoms with Gasteiger partial charge in [0.25, 0.3) is 11.7 Å². The van der Waals surface area contributed by atoms with Crippen LogP contribution in [0.15, 0.2) is 42.5 Å². The Labute approximate surface area is 553 Å². The second kappa shape index (κ2) is 34.2. The minimum absolute atomic E-state index is 0.0205. The lowest BCUT2D eigenvalue weighted by molar-refractivity contribution is -0.391. The van der Waals surface area contributed by atoms with Crippen LogP contribution in [0, 0.1) is 0 Å². The highest BCUT2D eigenvalue weighted by molar-refractivity contribution is 6.76. The quantitative estimate of drug-likeness (QED) is 0.0454. The number of rotatable bonds is 27. The molecule has 6 rings (SSSR count). The molecule has 34 heteroatoms. The summed E-state index contributed by atoms with van der Waals surface area (Å²) in [6.45, 7) is 13.6. The summed E-state index contributed by atoms with van der Waals surface area (Å²) in [6, 6.07) is 9.03. The summed E-state index contributed by atoms with van der Waals surface area (Å²) < 4.78 is 103. The number of amides is 2. The van der Waals surface area contributed by atoms with Gasteiger partial charge in [-0.05, 0) is 35.9 Å². The van der Waals surface area contributed by atoms with Crippen molar-refractivity contribution in [2.75, 3.05) is 33.5 Å². The van der Waals surface area contributed by atoms with Crippen molar-refractivity contribution in [3.8, 4) is 0 Å². The number of aliphatic hydroxyl groups excluding tert-OH is 3. The minimum atomic E-state index is -3.21. The van der Waals surface area contributed by atoms with Crippen molar-refractivity contribution in [1.82, 2.24) is 10.6 Å². The van der Waals surface area contributed by atoms with Gasteiger partial charge in [0.15, 0.2) is 43.3 Å². The van der Waals surface area contributed by atoms with Gasteiger partial charge >= 0.3 is 53.7 Å². The highest BCUT2D eigenvalue weighted by Gasteiger charge is 2.64. The average Bonchev–Trinajstić information content (AvgIpc) is 0.748.